The van der Waals surface area contributed by atoms with E-state index in [0.717, 1.165) is 0 Å². The van der Waals surface area contributed by atoms with Crippen LogP contribution < -0.4 is 15.4 Å². The highest BCUT2D eigenvalue weighted by Crippen LogP contribution is 2.34. The number of amides is 2. The predicted molar refractivity (Wildman–Crippen MR) is 117 cm³/mol. The molecule has 3 N–H and O–H groups in total. The first-order chi connectivity index (χ1) is 14.9. The van der Waals surface area contributed by atoms with Crippen LogP contribution in [0, 0.1) is 0 Å². The first-order valence-corrected chi connectivity index (χ1v) is 9.41. The van der Waals surface area contributed by atoms with Crippen molar-refractivity contribution in [3.8, 4) is 5.75 Å². The molecule has 0 saturated carbocycles. The molecule has 3 aromatic carbocycles. The summed E-state index contributed by atoms with van der Waals surface area (Å²) in [5.74, 6) is -0.996. The number of ether oxygens (including phenoxy) is 1. The van der Waals surface area contributed by atoms with E-state index in [-0.39, 0.29) is 17.4 Å². The fraction of sp³-hybridized carbons (Fsp3) is 0.0417. The largest absolute Gasteiger partial charge is 0.497 e. The highest BCUT2D eigenvalue weighted by Gasteiger charge is 2.25. The van der Waals surface area contributed by atoms with Crippen LogP contribution >= 0.6 is 0 Å². The van der Waals surface area contributed by atoms with Crippen LogP contribution in [0.3, 0.4) is 0 Å². The number of methoxy groups -OCH3 is 1. The lowest BCUT2D eigenvalue weighted by Crippen LogP contribution is -2.11. The van der Waals surface area contributed by atoms with Gasteiger partial charge in [0.2, 0.25) is 0 Å². The second-order valence-corrected chi connectivity index (χ2v) is 6.89. The monoisotopic (exact) mass is 414 g/mol. The summed E-state index contributed by atoms with van der Waals surface area (Å²) in [6.45, 7) is 0. The van der Waals surface area contributed by atoms with Crippen LogP contribution in [0.4, 0.5) is 11.4 Å². The van der Waals surface area contributed by atoms with E-state index in [2.05, 4.69) is 10.6 Å². The minimum absolute atomic E-state index is 0.0988. The number of rotatable bonds is 5. The van der Waals surface area contributed by atoms with Gasteiger partial charge < -0.3 is 20.5 Å². The second-order valence-electron chi connectivity index (χ2n) is 6.89. The summed E-state index contributed by atoms with van der Waals surface area (Å²) in [6, 6.07) is 18.3. The molecule has 4 rings (SSSR count). The maximum Gasteiger partial charge on any atom is 0.335 e. The number of aromatic carboxylic acids is 1. The van der Waals surface area contributed by atoms with E-state index < -0.39 is 5.97 Å². The van der Waals surface area contributed by atoms with E-state index in [0.29, 0.717) is 39.4 Å². The molecule has 0 unspecified atom stereocenters. The van der Waals surface area contributed by atoms with Gasteiger partial charge in [-0.25, -0.2) is 4.79 Å². The molecule has 154 valence electrons. The number of anilines is 2. The Morgan fingerprint density at radius 1 is 1.00 bits per heavy atom. The quantitative estimate of drug-likeness (QED) is 0.545. The normalized spacial score (nSPS) is 13.5. The lowest BCUT2D eigenvalue weighted by Gasteiger charge is -2.07. The maximum atomic E-state index is 12.5. The zero-order valence-electron chi connectivity index (χ0n) is 16.5. The van der Waals surface area contributed by atoms with Crippen LogP contribution in [0.25, 0.3) is 11.6 Å². The lowest BCUT2D eigenvalue weighted by molar-refractivity contribution is -0.110. The lowest BCUT2D eigenvalue weighted by atomic mass is 10.0. The van der Waals surface area contributed by atoms with Crippen molar-refractivity contribution in [2.45, 2.75) is 0 Å². The molecule has 0 spiro atoms. The predicted octanol–water partition coefficient (Wildman–Crippen LogP) is 4.14. The van der Waals surface area contributed by atoms with Crippen LogP contribution in [-0.2, 0) is 4.79 Å². The van der Waals surface area contributed by atoms with Gasteiger partial charge in [0.1, 0.15) is 5.75 Å². The van der Waals surface area contributed by atoms with Gasteiger partial charge in [0.25, 0.3) is 11.8 Å². The summed E-state index contributed by atoms with van der Waals surface area (Å²) in [6.07, 6.45) is 1.66. The molecular formula is C24H18N2O5. The number of carboxylic acids is 1. The van der Waals surface area contributed by atoms with Gasteiger partial charge in [-0.15, -0.1) is 0 Å². The topological polar surface area (TPSA) is 105 Å². The molecule has 0 fully saturated rings. The molecule has 1 aliphatic rings. The Bertz CT molecular complexity index is 1230. The van der Waals surface area contributed by atoms with Crippen LogP contribution in [-0.4, -0.2) is 30.0 Å². The standard InChI is InChI=1S/C24H18N2O5/c1-31-18-8-5-15(6-9-18)22(27)25-17-4-2-3-14(11-17)12-20-19-13-16(24(29)30)7-10-21(19)26-23(20)28/h2-13H,1H3,(H,25,27)(H,26,28)(H,29,30). The fourth-order valence-corrected chi connectivity index (χ4v) is 3.28. The van der Waals surface area contributed by atoms with Gasteiger partial charge in [-0.3, -0.25) is 9.59 Å². The van der Waals surface area contributed by atoms with Crippen molar-refractivity contribution >= 4 is 40.8 Å². The smallest absolute Gasteiger partial charge is 0.335 e. The van der Waals surface area contributed by atoms with Crippen molar-refractivity contribution in [3.63, 3.8) is 0 Å². The van der Waals surface area contributed by atoms with Crippen LogP contribution in [0.1, 0.15) is 31.8 Å². The van der Waals surface area contributed by atoms with Gasteiger partial charge in [0, 0.05) is 28.1 Å². The molecule has 0 radical (unpaired) electrons. The number of carbonyl (C=O) groups is 3. The van der Waals surface area contributed by atoms with Crippen molar-refractivity contribution < 1.29 is 24.2 Å². The average molecular weight is 414 g/mol. The third kappa shape index (κ3) is 4.16. The molecule has 1 aliphatic heterocycles. The number of benzene rings is 3. The molecule has 0 atom stereocenters. The summed E-state index contributed by atoms with van der Waals surface area (Å²) in [4.78, 5) is 36.2. The van der Waals surface area contributed by atoms with Gasteiger partial charge in [-0.05, 0) is 66.2 Å². The summed E-state index contributed by atoms with van der Waals surface area (Å²) >= 11 is 0. The maximum absolute atomic E-state index is 12.5. The molecule has 1 heterocycles. The number of fused-ring (bicyclic) bond motifs is 1. The molecule has 31 heavy (non-hydrogen) atoms. The Balaban J connectivity index is 1.60. The Kier molecular flexibility index (Phi) is 5.24. The Labute approximate surface area is 178 Å². The summed E-state index contributed by atoms with van der Waals surface area (Å²) < 4.78 is 5.10. The number of carboxylic acid groups (broad SMARTS) is 1. The van der Waals surface area contributed by atoms with Crippen molar-refractivity contribution in [1.82, 2.24) is 0 Å². The van der Waals surface area contributed by atoms with Crippen LogP contribution in [0.5, 0.6) is 5.75 Å². The van der Waals surface area contributed by atoms with Crippen LogP contribution in [0.15, 0.2) is 66.7 Å². The number of nitrogens with one attached hydrogen (secondary N) is 2. The van der Waals surface area contributed by atoms with Gasteiger partial charge in [0.15, 0.2) is 0 Å². The minimum atomic E-state index is -1.07. The number of carbonyl (C=O) groups excluding carboxylic acids is 2. The van der Waals surface area contributed by atoms with E-state index >= 15 is 0 Å². The van der Waals surface area contributed by atoms with E-state index in [1.807, 2.05) is 0 Å². The van der Waals surface area contributed by atoms with Gasteiger partial charge in [-0.2, -0.15) is 0 Å². The molecule has 0 aromatic heterocycles. The highest BCUT2D eigenvalue weighted by molar-refractivity contribution is 6.35. The van der Waals surface area contributed by atoms with Crippen molar-refractivity contribution in [2.75, 3.05) is 17.7 Å². The number of hydrogen-bond donors (Lipinski definition) is 3. The van der Waals surface area contributed by atoms with Crippen LogP contribution in [0.2, 0.25) is 0 Å². The molecule has 0 bridgehead atoms. The summed E-state index contributed by atoms with van der Waals surface area (Å²) in [5, 5.41) is 14.8. The van der Waals surface area contributed by atoms with Crippen molar-refractivity contribution in [2.24, 2.45) is 0 Å². The highest BCUT2D eigenvalue weighted by atomic mass is 16.5. The first-order valence-electron chi connectivity index (χ1n) is 9.41. The zero-order chi connectivity index (χ0) is 22.0. The van der Waals surface area contributed by atoms with Crippen molar-refractivity contribution in [3.05, 3.63) is 89.0 Å². The molecule has 0 aliphatic carbocycles. The Morgan fingerprint density at radius 3 is 2.45 bits per heavy atom. The molecule has 3 aromatic rings. The molecule has 0 saturated heterocycles. The third-order valence-corrected chi connectivity index (χ3v) is 4.86. The molecule has 7 heteroatoms. The second kappa shape index (κ2) is 8.16. The average Bonchev–Trinajstić information content (AvgIpc) is 3.08. The summed E-state index contributed by atoms with van der Waals surface area (Å²) in [7, 11) is 1.56. The van der Waals surface area contributed by atoms with Gasteiger partial charge in [-0.1, -0.05) is 12.1 Å². The molecular weight excluding hydrogens is 396 g/mol. The minimum Gasteiger partial charge on any atom is -0.497 e. The Hall–Kier alpha value is -4.39. The van der Waals surface area contributed by atoms with E-state index in [4.69, 9.17) is 4.74 Å². The molecule has 7 nitrogen and oxygen atoms in total. The van der Waals surface area contributed by atoms with E-state index in [1.165, 1.54) is 12.1 Å². The Morgan fingerprint density at radius 2 is 1.74 bits per heavy atom. The number of hydrogen-bond acceptors (Lipinski definition) is 4. The summed E-state index contributed by atoms with van der Waals surface area (Å²) in [5.41, 5.74) is 3.27. The van der Waals surface area contributed by atoms with E-state index in [1.54, 1.807) is 67.8 Å². The molecule has 2 amide bonds. The SMILES string of the molecule is COc1ccc(C(=O)Nc2cccc(C=C3C(=O)Nc4ccc(C(=O)O)cc43)c2)cc1. The zero-order valence-corrected chi connectivity index (χ0v) is 16.5. The third-order valence-electron chi connectivity index (χ3n) is 4.86. The van der Waals surface area contributed by atoms with Crippen molar-refractivity contribution in [1.29, 1.82) is 0 Å². The van der Waals surface area contributed by atoms with Gasteiger partial charge in [0.05, 0.1) is 12.7 Å². The van der Waals surface area contributed by atoms with Gasteiger partial charge >= 0.3 is 5.97 Å². The fourth-order valence-electron chi connectivity index (χ4n) is 3.28. The van der Waals surface area contributed by atoms with E-state index in [9.17, 15) is 19.5 Å². The first kappa shape index (κ1) is 19.9.